The van der Waals surface area contributed by atoms with Crippen LogP contribution in [0.25, 0.3) is 6.08 Å². The molecular weight excluding hydrogens is 351 g/mol. The summed E-state index contributed by atoms with van der Waals surface area (Å²) >= 11 is 11.7. The van der Waals surface area contributed by atoms with E-state index in [4.69, 9.17) is 23.2 Å². The zero-order chi connectivity index (χ0) is 17.7. The van der Waals surface area contributed by atoms with E-state index in [1.165, 1.54) is 24.3 Å². The molecule has 1 N–H and O–H groups in total. The molecule has 2 rings (SSSR count). The van der Waals surface area contributed by atoms with Crippen molar-refractivity contribution in [3.8, 4) is 0 Å². The van der Waals surface area contributed by atoms with Crippen LogP contribution in [0.4, 0.5) is 5.69 Å². The maximum Gasteiger partial charge on any atom is 0.288 e. The monoisotopic (exact) mass is 364 g/mol. The van der Waals surface area contributed by atoms with Crippen molar-refractivity contribution in [1.29, 1.82) is 0 Å². The minimum atomic E-state index is -0.568. The highest BCUT2D eigenvalue weighted by molar-refractivity contribution is 6.32. The van der Waals surface area contributed by atoms with Gasteiger partial charge in [-0.05, 0) is 42.3 Å². The summed E-state index contributed by atoms with van der Waals surface area (Å²) in [5.74, 6) is -0.319. The van der Waals surface area contributed by atoms with Gasteiger partial charge in [0.25, 0.3) is 5.69 Å². The van der Waals surface area contributed by atoms with Gasteiger partial charge in [0.05, 0.1) is 11.0 Å². The molecule has 1 unspecified atom stereocenters. The first kappa shape index (κ1) is 18.0. The van der Waals surface area contributed by atoms with E-state index < -0.39 is 4.92 Å². The predicted molar refractivity (Wildman–Crippen MR) is 95.2 cm³/mol. The van der Waals surface area contributed by atoms with Crippen LogP contribution < -0.4 is 5.32 Å². The number of hydrogen-bond acceptors (Lipinski definition) is 3. The van der Waals surface area contributed by atoms with E-state index in [1.807, 2.05) is 19.1 Å². The number of carbonyl (C=O) groups is 1. The Morgan fingerprint density at radius 1 is 1.25 bits per heavy atom. The van der Waals surface area contributed by atoms with E-state index in [0.717, 1.165) is 5.56 Å². The minimum Gasteiger partial charge on any atom is -0.346 e. The normalized spacial score (nSPS) is 12.1. The van der Waals surface area contributed by atoms with Crippen molar-refractivity contribution in [2.45, 2.75) is 13.0 Å². The van der Waals surface area contributed by atoms with Crippen LogP contribution in [0.15, 0.2) is 48.5 Å². The second kappa shape index (κ2) is 7.95. The number of nitro benzene ring substituents is 1. The van der Waals surface area contributed by atoms with Gasteiger partial charge in [-0.25, -0.2) is 0 Å². The van der Waals surface area contributed by atoms with Crippen LogP contribution in [-0.4, -0.2) is 10.8 Å². The van der Waals surface area contributed by atoms with E-state index in [-0.39, 0.29) is 22.7 Å². The Hall–Kier alpha value is -2.37. The number of amides is 1. The number of hydrogen-bond donors (Lipinski definition) is 1. The summed E-state index contributed by atoms with van der Waals surface area (Å²) in [6.07, 6.45) is 2.80. The molecule has 0 spiro atoms. The van der Waals surface area contributed by atoms with Crippen LogP contribution in [0.3, 0.4) is 0 Å². The minimum absolute atomic E-state index is 0.0520. The van der Waals surface area contributed by atoms with E-state index in [9.17, 15) is 14.9 Å². The molecule has 124 valence electrons. The molecule has 0 heterocycles. The Balaban J connectivity index is 2.05. The molecule has 2 aromatic carbocycles. The van der Waals surface area contributed by atoms with Crippen LogP contribution in [0.1, 0.15) is 24.1 Å². The first-order valence-corrected chi connectivity index (χ1v) is 7.80. The quantitative estimate of drug-likeness (QED) is 0.470. The van der Waals surface area contributed by atoms with E-state index in [1.54, 1.807) is 18.2 Å². The van der Waals surface area contributed by atoms with Crippen LogP contribution in [0, 0.1) is 10.1 Å². The lowest BCUT2D eigenvalue weighted by Crippen LogP contribution is -2.24. The molecule has 0 aliphatic heterocycles. The Labute approximate surface area is 149 Å². The van der Waals surface area contributed by atoms with Crippen molar-refractivity contribution >= 4 is 40.9 Å². The SMILES string of the molecule is CC(NC(=O)/C=C/c1ccc(Cl)c([N+](=O)[O-])c1)c1cccc(Cl)c1. The van der Waals surface area contributed by atoms with Crippen molar-refractivity contribution in [2.75, 3.05) is 0 Å². The Morgan fingerprint density at radius 3 is 2.67 bits per heavy atom. The molecule has 5 nitrogen and oxygen atoms in total. The van der Waals surface area contributed by atoms with Gasteiger partial charge in [0, 0.05) is 17.2 Å². The lowest BCUT2D eigenvalue weighted by atomic mass is 10.1. The highest BCUT2D eigenvalue weighted by atomic mass is 35.5. The average Bonchev–Trinajstić information content (AvgIpc) is 2.53. The van der Waals surface area contributed by atoms with Gasteiger partial charge in [-0.3, -0.25) is 14.9 Å². The summed E-state index contributed by atoms with van der Waals surface area (Å²) in [6, 6.07) is 11.3. The molecule has 0 radical (unpaired) electrons. The number of nitro groups is 1. The maximum atomic E-state index is 12.0. The van der Waals surface area contributed by atoms with Gasteiger partial charge in [-0.15, -0.1) is 0 Å². The van der Waals surface area contributed by atoms with Gasteiger partial charge in [0.1, 0.15) is 5.02 Å². The summed E-state index contributed by atoms with van der Waals surface area (Å²) in [7, 11) is 0. The van der Waals surface area contributed by atoms with E-state index >= 15 is 0 Å². The van der Waals surface area contributed by atoms with Crippen LogP contribution in [0.5, 0.6) is 0 Å². The molecule has 0 aromatic heterocycles. The third-order valence-corrected chi connectivity index (χ3v) is 3.86. The molecule has 0 fully saturated rings. The Kier molecular flexibility index (Phi) is 5.95. The zero-order valence-electron chi connectivity index (χ0n) is 12.7. The molecule has 0 saturated heterocycles. The number of rotatable bonds is 5. The fourth-order valence-corrected chi connectivity index (χ4v) is 2.45. The third-order valence-electron chi connectivity index (χ3n) is 3.30. The Bertz CT molecular complexity index is 806. The first-order valence-electron chi connectivity index (χ1n) is 7.05. The van der Waals surface area contributed by atoms with Gasteiger partial charge in [-0.1, -0.05) is 41.4 Å². The molecule has 1 amide bonds. The van der Waals surface area contributed by atoms with E-state index in [0.29, 0.717) is 10.6 Å². The van der Waals surface area contributed by atoms with Gasteiger partial charge in [-0.2, -0.15) is 0 Å². The average molecular weight is 365 g/mol. The van der Waals surface area contributed by atoms with Crippen LogP contribution in [-0.2, 0) is 4.79 Å². The lowest BCUT2D eigenvalue weighted by Gasteiger charge is -2.13. The summed E-state index contributed by atoms with van der Waals surface area (Å²) in [5, 5.41) is 14.3. The fourth-order valence-electron chi connectivity index (χ4n) is 2.07. The van der Waals surface area contributed by atoms with Crippen molar-refractivity contribution < 1.29 is 9.72 Å². The first-order chi connectivity index (χ1) is 11.4. The number of nitrogens with zero attached hydrogens (tertiary/aromatic N) is 1. The Morgan fingerprint density at radius 2 is 2.00 bits per heavy atom. The standard InChI is InChI=1S/C17H14Cl2N2O3/c1-11(13-3-2-4-14(18)10-13)20-17(22)8-6-12-5-7-15(19)16(9-12)21(23)24/h2-11H,1H3,(H,20,22)/b8-6+. The summed E-state index contributed by atoms with van der Waals surface area (Å²) < 4.78 is 0. The predicted octanol–water partition coefficient (Wildman–Crippen LogP) is 4.79. The van der Waals surface area contributed by atoms with Gasteiger partial charge in [0.2, 0.25) is 5.91 Å². The number of benzene rings is 2. The van der Waals surface area contributed by atoms with Crippen molar-refractivity contribution in [3.05, 3.63) is 79.8 Å². The number of nitrogens with one attached hydrogen (secondary N) is 1. The second-order valence-corrected chi connectivity index (χ2v) is 5.93. The summed E-state index contributed by atoms with van der Waals surface area (Å²) in [4.78, 5) is 22.3. The van der Waals surface area contributed by atoms with Crippen LogP contribution >= 0.6 is 23.2 Å². The van der Waals surface area contributed by atoms with Crippen LogP contribution in [0.2, 0.25) is 10.0 Å². The third kappa shape index (κ3) is 4.81. The van der Waals surface area contributed by atoms with Crippen molar-refractivity contribution in [3.63, 3.8) is 0 Å². The molecular formula is C17H14Cl2N2O3. The molecule has 24 heavy (non-hydrogen) atoms. The maximum absolute atomic E-state index is 12.0. The summed E-state index contributed by atoms with van der Waals surface area (Å²) in [5.41, 5.74) is 1.19. The van der Waals surface area contributed by atoms with Gasteiger partial charge in [0.15, 0.2) is 0 Å². The zero-order valence-corrected chi connectivity index (χ0v) is 14.2. The largest absolute Gasteiger partial charge is 0.346 e. The number of carbonyl (C=O) groups excluding carboxylic acids is 1. The smallest absolute Gasteiger partial charge is 0.288 e. The summed E-state index contributed by atoms with van der Waals surface area (Å²) in [6.45, 7) is 1.84. The highest BCUT2D eigenvalue weighted by Crippen LogP contribution is 2.25. The topological polar surface area (TPSA) is 72.2 Å². The molecule has 0 aliphatic rings. The van der Waals surface area contributed by atoms with Crippen molar-refractivity contribution in [2.24, 2.45) is 0 Å². The van der Waals surface area contributed by atoms with Gasteiger partial charge < -0.3 is 5.32 Å². The molecule has 1 atom stereocenters. The molecule has 0 saturated carbocycles. The molecule has 2 aromatic rings. The molecule has 0 bridgehead atoms. The highest BCUT2D eigenvalue weighted by Gasteiger charge is 2.12. The van der Waals surface area contributed by atoms with E-state index in [2.05, 4.69) is 5.32 Å². The van der Waals surface area contributed by atoms with Crippen molar-refractivity contribution in [1.82, 2.24) is 5.32 Å². The number of halogens is 2. The lowest BCUT2D eigenvalue weighted by molar-refractivity contribution is -0.384. The van der Waals surface area contributed by atoms with Gasteiger partial charge >= 0.3 is 0 Å². The second-order valence-electron chi connectivity index (χ2n) is 5.09. The molecule has 0 aliphatic carbocycles. The fraction of sp³-hybridized carbons (Fsp3) is 0.118. The molecule has 7 heteroatoms.